The molecule has 3 nitrogen and oxygen atoms in total. The number of halogens is 1. The fourth-order valence-electron chi connectivity index (χ4n) is 2.15. The molecule has 0 aliphatic carbocycles. The minimum Gasteiger partial charge on any atom is -0.486 e. The monoisotopic (exact) mass is 260 g/mol. The van der Waals surface area contributed by atoms with Crippen LogP contribution < -0.4 is 9.47 Å². The third-order valence-electron chi connectivity index (χ3n) is 3.06. The molecular formula is C15H13FO3. The molecule has 19 heavy (non-hydrogen) atoms. The molecule has 0 saturated heterocycles. The highest BCUT2D eigenvalue weighted by atomic mass is 19.3. The summed E-state index contributed by atoms with van der Waals surface area (Å²) in [5, 5.41) is 0. The van der Waals surface area contributed by atoms with Crippen molar-refractivity contribution < 1.29 is 18.9 Å². The number of fused-ring (bicyclic) bond motifs is 1. The van der Waals surface area contributed by atoms with Crippen molar-refractivity contribution in [3.05, 3.63) is 53.6 Å². The molecule has 2 aromatic carbocycles. The predicted molar refractivity (Wildman–Crippen MR) is 68.1 cm³/mol. The van der Waals surface area contributed by atoms with Crippen molar-refractivity contribution in [1.82, 2.24) is 0 Å². The summed E-state index contributed by atoms with van der Waals surface area (Å²) >= 11 is 0. The summed E-state index contributed by atoms with van der Waals surface area (Å²) in [6.07, 6.45) is -0.670. The minimum atomic E-state index is -0.670. The van der Waals surface area contributed by atoms with E-state index in [0.29, 0.717) is 17.1 Å². The van der Waals surface area contributed by atoms with Crippen LogP contribution in [0.3, 0.4) is 0 Å². The van der Waals surface area contributed by atoms with Crippen molar-refractivity contribution >= 4 is 0 Å². The molecule has 0 fully saturated rings. The van der Waals surface area contributed by atoms with Gasteiger partial charge in [-0.25, -0.2) is 0 Å². The van der Waals surface area contributed by atoms with Crippen molar-refractivity contribution in [2.45, 2.75) is 13.0 Å². The van der Waals surface area contributed by atoms with E-state index in [0.717, 1.165) is 11.3 Å². The van der Waals surface area contributed by atoms with Crippen molar-refractivity contribution in [2.75, 3.05) is 6.61 Å². The average molecular weight is 260 g/mol. The quantitative estimate of drug-likeness (QED) is 0.830. The van der Waals surface area contributed by atoms with E-state index in [1.807, 2.05) is 31.2 Å². The molecule has 1 aliphatic heterocycles. The third-order valence-corrected chi connectivity index (χ3v) is 3.06. The van der Waals surface area contributed by atoms with Gasteiger partial charge < -0.3 is 9.47 Å². The minimum absolute atomic E-state index is 0.167. The van der Waals surface area contributed by atoms with Gasteiger partial charge in [-0.3, -0.25) is 0 Å². The first-order valence-corrected chi connectivity index (χ1v) is 6.05. The Hall–Kier alpha value is -2.07. The smallest absolute Gasteiger partial charge is 0.169 e. The van der Waals surface area contributed by atoms with Crippen molar-refractivity contribution in [3.63, 3.8) is 0 Å². The number of ether oxygens (including phenoxy) is 2. The molecule has 98 valence electrons. The highest BCUT2D eigenvalue weighted by Crippen LogP contribution is 2.43. The first-order chi connectivity index (χ1) is 9.28. The summed E-state index contributed by atoms with van der Waals surface area (Å²) in [5.41, 5.74) is 1.78. The summed E-state index contributed by atoms with van der Waals surface area (Å²) in [5.74, 6) is 1.84. The van der Waals surface area contributed by atoms with Crippen LogP contribution in [0.25, 0.3) is 0 Å². The molecule has 0 aromatic heterocycles. The van der Waals surface area contributed by atoms with E-state index in [2.05, 4.69) is 4.94 Å². The van der Waals surface area contributed by atoms with Gasteiger partial charge in [0.2, 0.25) is 0 Å². The van der Waals surface area contributed by atoms with E-state index < -0.39 is 6.10 Å². The van der Waals surface area contributed by atoms with Crippen LogP contribution in [0.2, 0.25) is 0 Å². The van der Waals surface area contributed by atoms with Crippen LogP contribution in [0.5, 0.6) is 17.2 Å². The van der Waals surface area contributed by atoms with Gasteiger partial charge in [0, 0.05) is 5.56 Å². The molecular weight excluding hydrogens is 247 g/mol. The fraction of sp³-hybridized carbons (Fsp3) is 0.200. The Balaban J connectivity index is 1.93. The first kappa shape index (κ1) is 12.0. The van der Waals surface area contributed by atoms with Crippen LogP contribution >= 0.6 is 0 Å². The molecule has 0 saturated carbocycles. The molecule has 0 bridgehead atoms. The van der Waals surface area contributed by atoms with Gasteiger partial charge in [-0.05, 0) is 35.2 Å². The van der Waals surface area contributed by atoms with Gasteiger partial charge in [-0.1, -0.05) is 24.3 Å². The van der Waals surface area contributed by atoms with E-state index in [1.165, 1.54) is 0 Å². The second-order valence-corrected chi connectivity index (χ2v) is 4.48. The highest BCUT2D eigenvalue weighted by Gasteiger charge is 2.28. The van der Waals surface area contributed by atoms with Gasteiger partial charge >= 0.3 is 0 Å². The lowest BCUT2D eigenvalue weighted by molar-refractivity contribution is -0.183. The van der Waals surface area contributed by atoms with Gasteiger partial charge in [-0.15, -0.1) is 0 Å². The summed E-state index contributed by atoms with van der Waals surface area (Å²) in [7, 11) is 0. The van der Waals surface area contributed by atoms with E-state index in [4.69, 9.17) is 9.47 Å². The zero-order valence-corrected chi connectivity index (χ0v) is 10.4. The maximum absolute atomic E-state index is 12.4. The molecule has 4 heteroatoms. The van der Waals surface area contributed by atoms with Crippen LogP contribution in [0, 0.1) is 6.92 Å². The Morgan fingerprint density at radius 3 is 2.84 bits per heavy atom. The molecule has 1 unspecified atom stereocenters. The molecule has 2 aromatic rings. The Bertz CT molecular complexity index is 598. The predicted octanol–water partition coefficient (Wildman–Crippen LogP) is 4.12. The lowest BCUT2D eigenvalue weighted by Crippen LogP contribution is -1.99. The first-order valence-electron chi connectivity index (χ1n) is 6.05. The Morgan fingerprint density at radius 1 is 1.21 bits per heavy atom. The van der Waals surface area contributed by atoms with E-state index in [1.54, 1.807) is 18.2 Å². The summed E-state index contributed by atoms with van der Waals surface area (Å²) in [4.78, 5) is 3.88. The average Bonchev–Trinajstić information content (AvgIpc) is 2.83. The maximum atomic E-state index is 12.4. The van der Waals surface area contributed by atoms with Gasteiger partial charge in [0.1, 0.15) is 12.4 Å². The standard InChI is InChI=1S/C15H13FO3/c1-10-4-2-5-11(8-10)18-13-7-3-6-12-14(19-16)9-17-15(12)13/h2-8,14H,9H2,1H3. The molecule has 1 heterocycles. The summed E-state index contributed by atoms with van der Waals surface area (Å²) in [6.45, 7) is 2.16. The number of para-hydroxylation sites is 1. The van der Waals surface area contributed by atoms with Crippen LogP contribution in [-0.4, -0.2) is 6.61 Å². The van der Waals surface area contributed by atoms with Gasteiger partial charge in [0.05, 0.1) is 0 Å². The van der Waals surface area contributed by atoms with Crippen LogP contribution in [-0.2, 0) is 4.94 Å². The molecule has 0 amide bonds. The van der Waals surface area contributed by atoms with Crippen molar-refractivity contribution in [3.8, 4) is 17.2 Å². The Kier molecular flexibility index (Phi) is 3.09. The third kappa shape index (κ3) is 2.27. The normalized spacial score (nSPS) is 16.8. The van der Waals surface area contributed by atoms with Gasteiger partial charge in [0.25, 0.3) is 0 Å². The lowest BCUT2D eigenvalue weighted by atomic mass is 10.1. The largest absolute Gasteiger partial charge is 0.486 e. The van der Waals surface area contributed by atoms with E-state index in [9.17, 15) is 4.53 Å². The Morgan fingerprint density at radius 2 is 2.05 bits per heavy atom. The van der Waals surface area contributed by atoms with Crippen LogP contribution in [0.1, 0.15) is 17.2 Å². The number of hydrogen-bond donors (Lipinski definition) is 0. The van der Waals surface area contributed by atoms with Crippen molar-refractivity contribution in [1.29, 1.82) is 0 Å². The second-order valence-electron chi connectivity index (χ2n) is 4.48. The van der Waals surface area contributed by atoms with Crippen molar-refractivity contribution in [2.24, 2.45) is 0 Å². The summed E-state index contributed by atoms with van der Waals surface area (Å²) in [6, 6.07) is 13.1. The van der Waals surface area contributed by atoms with E-state index in [-0.39, 0.29) is 6.61 Å². The van der Waals surface area contributed by atoms with Crippen LogP contribution in [0.15, 0.2) is 42.5 Å². The number of hydrogen-bond acceptors (Lipinski definition) is 3. The molecule has 1 atom stereocenters. The number of aryl methyl sites for hydroxylation is 1. The topological polar surface area (TPSA) is 27.7 Å². The van der Waals surface area contributed by atoms with Crippen LogP contribution in [0.4, 0.5) is 4.53 Å². The maximum Gasteiger partial charge on any atom is 0.169 e. The molecule has 0 spiro atoms. The number of benzene rings is 2. The Labute approximate surface area is 110 Å². The SMILES string of the molecule is Cc1cccc(Oc2cccc3c2OCC3OF)c1. The fourth-order valence-corrected chi connectivity index (χ4v) is 2.15. The molecule has 1 aliphatic rings. The van der Waals surface area contributed by atoms with Gasteiger partial charge in [-0.2, -0.15) is 4.94 Å². The second kappa shape index (κ2) is 4.90. The number of rotatable bonds is 3. The lowest BCUT2D eigenvalue weighted by Gasteiger charge is -2.10. The molecule has 0 N–H and O–H groups in total. The van der Waals surface area contributed by atoms with E-state index >= 15 is 0 Å². The zero-order valence-electron chi connectivity index (χ0n) is 10.4. The molecule has 0 radical (unpaired) electrons. The summed E-state index contributed by atoms with van der Waals surface area (Å²) < 4.78 is 23.6. The van der Waals surface area contributed by atoms with Gasteiger partial charge in [0.15, 0.2) is 17.6 Å². The zero-order chi connectivity index (χ0) is 13.2. The molecule has 3 rings (SSSR count). The highest BCUT2D eigenvalue weighted by molar-refractivity contribution is 5.51.